The zero-order valence-electron chi connectivity index (χ0n) is 9.64. The Morgan fingerprint density at radius 3 is 3.06 bits per heavy atom. The summed E-state index contributed by atoms with van der Waals surface area (Å²) in [5.41, 5.74) is 1.36. The van der Waals surface area contributed by atoms with Gasteiger partial charge in [0, 0.05) is 5.56 Å². The summed E-state index contributed by atoms with van der Waals surface area (Å²) >= 11 is 1.46. The van der Waals surface area contributed by atoms with Gasteiger partial charge in [-0.3, -0.25) is 0 Å². The highest BCUT2D eigenvalue weighted by molar-refractivity contribution is 7.18. The van der Waals surface area contributed by atoms with Crippen molar-refractivity contribution in [2.45, 2.75) is 20.0 Å². The summed E-state index contributed by atoms with van der Waals surface area (Å²) in [6.45, 7) is 3.86. The number of fused-ring (bicyclic) bond motifs is 1. The van der Waals surface area contributed by atoms with Crippen LogP contribution in [0.1, 0.15) is 23.6 Å². The van der Waals surface area contributed by atoms with Gasteiger partial charge in [-0.2, -0.15) is 0 Å². The molecule has 5 heteroatoms. The molecule has 0 saturated carbocycles. The minimum absolute atomic E-state index is 0.258. The molecule has 2 rings (SSSR count). The summed E-state index contributed by atoms with van der Waals surface area (Å²) < 4.78 is 5.65. The lowest BCUT2D eigenvalue weighted by Gasteiger charge is -2.10. The maximum absolute atomic E-state index is 11.5. The van der Waals surface area contributed by atoms with Gasteiger partial charge in [0.25, 0.3) is 0 Å². The van der Waals surface area contributed by atoms with Gasteiger partial charge in [-0.25, -0.2) is 9.78 Å². The van der Waals surface area contributed by atoms with Gasteiger partial charge in [-0.1, -0.05) is 12.1 Å². The van der Waals surface area contributed by atoms with Crippen LogP contribution < -0.4 is 0 Å². The second-order valence-electron chi connectivity index (χ2n) is 3.58. The number of hydrogen-bond donors (Lipinski definition) is 1. The van der Waals surface area contributed by atoms with Crippen molar-refractivity contribution in [2.75, 3.05) is 6.61 Å². The summed E-state index contributed by atoms with van der Waals surface area (Å²) in [5, 5.41) is 10.8. The minimum Gasteiger partial charge on any atom is -0.464 e. The average molecular weight is 251 g/mol. The highest BCUT2D eigenvalue weighted by atomic mass is 32.1. The van der Waals surface area contributed by atoms with Gasteiger partial charge in [0.05, 0.1) is 21.8 Å². The monoisotopic (exact) mass is 251 g/mol. The van der Waals surface area contributed by atoms with Gasteiger partial charge in [0.2, 0.25) is 0 Å². The van der Waals surface area contributed by atoms with Gasteiger partial charge in [-0.05, 0) is 19.9 Å². The van der Waals surface area contributed by atoms with Crippen LogP contribution in [0.25, 0.3) is 10.2 Å². The van der Waals surface area contributed by atoms with Crippen LogP contribution in [0.4, 0.5) is 0 Å². The van der Waals surface area contributed by atoms with Gasteiger partial charge in [0.1, 0.15) is 0 Å². The van der Waals surface area contributed by atoms with Crippen molar-refractivity contribution in [1.82, 2.24) is 4.98 Å². The Morgan fingerprint density at radius 1 is 1.59 bits per heavy atom. The Bertz CT molecular complexity index is 550. The largest absolute Gasteiger partial charge is 0.464 e. The fourth-order valence-electron chi connectivity index (χ4n) is 1.65. The smallest absolute Gasteiger partial charge is 0.339 e. The fraction of sp³-hybridized carbons (Fsp3) is 0.333. The first kappa shape index (κ1) is 12.0. The first-order valence-corrected chi connectivity index (χ1v) is 6.16. The van der Waals surface area contributed by atoms with Gasteiger partial charge < -0.3 is 9.84 Å². The van der Waals surface area contributed by atoms with Crippen molar-refractivity contribution in [2.24, 2.45) is 0 Å². The zero-order valence-corrected chi connectivity index (χ0v) is 10.5. The Hall–Kier alpha value is -1.46. The van der Waals surface area contributed by atoms with Crippen molar-refractivity contribution >= 4 is 27.5 Å². The summed E-state index contributed by atoms with van der Waals surface area (Å²) in [7, 11) is 0. The summed E-state index contributed by atoms with van der Waals surface area (Å²) in [4.78, 5) is 15.8. The van der Waals surface area contributed by atoms with E-state index in [4.69, 9.17) is 4.74 Å². The molecule has 0 spiro atoms. The fourth-order valence-corrected chi connectivity index (χ4v) is 2.60. The highest BCUT2D eigenvalue weighted by Crippen LogP contribution is 2.29. The Kier molecular flexibility index (Phi) is 3.40. The van der Waals surface area contributed by atoms with Gasteiger partial charge >= 0.3 is 5.97 Å². The Balaban J connectivity index is 2.44. The Labute approximate surface area is 103 Å². The first-order chi connectivity index (χ1) is 8.13. The van der Waals surface area contributed by atoms with Crippen molar-refractivity contribution in [1.29, 1.82) is 0 Å². The minimum atomic E-state index is -1.24. The van der Waals surface area contributed by atoms with Crippen molar-refractivity contribution in [3.8, 4) is 0 Å². The second-order valence-corrected chi connectivity index (χ2v) is 4.79. The molecule has 0 saturated heterocycles. The van der Waals surface area contributed by atoms with Crippen LogP contribution in [0.15, 0.2) is 18.2 Å². The van der Waals surface area contributed by atoms with Crippen LogP contribution in [0.5, 0.6) is 0 Å². The molecule has 0 amide bonds. The number of esters is 1. The normalized spacial score (nSPS) is 12.6. The van der Waals surface area contributed by atoms with E-state index in [2.05, 4.69) is 4.98 Å². The zero-order chi connectivity index (χ0) is 12.4. The molecule has 1 unspecified atom stereocenters. The maximum atomic E-state index is 11.5. The van der Waals surface area contributed by atoms with Crippen LogP contribution >= 0.6 is 11.3 Å². The van der Waals surface area contributed by atoms with E-state index in [-0.39, 0.29) is 6.61 Å². The molecule has 0 aliphatic rings. The third-order valence-electron chi connectivity index (χ3n) is 2.36. The van der Waals surface area contributed by atoms with Gasteiger partial charge in [0.15, 0.2) is 6.10 Å². The van der Waals surface area contributed by atoms with Gasteiger partial charge in [-0.15, -0.1) is 11.3 Å². The third kappa shape index (κ3) is 2.30. The van der Waals surface area contributed by atoms with E-state index in [1.54, 1.807) is 19.1 Å². The third-order valence-corrected chi connectivity index (χ3v) is 3.39. The number of benzene rings is 1. The summed E-state index contributed by atoms with van der Waals surface area (Å²) in [5.74, 6) is -0.619. The molecule has 1 atom stereocenters. The van der Waals surface area contributed by atoms with Crippen LogP contribution in [-0.2, 0) is 9.53 Å². The summed E-state index contributed by atoms with van der Waals surface area (Å²) in [6.07, 6.45) is -1.24. The molecule has 90 valence electrons. The van der Waals surface area contributed by atoms with E-state index in [1.165, 1.54) is 11.3 Å². The second kappa shape index (κ2) is 4.81. The van der Waals surface area contributed by atoms with E-state index < -0.39 is 12.1 Å². The molecule has 0 fully saturated rings. The number of nitrogens with zero attached hydrogens (tertiary/aromatic N) is 1. The van der Waals surface area contributed by atoms with Crippen LogP contribution in [-0.4, -0.2) is 22.7 Å². The quantitative estimate of drug-likeness (QED) is 0.850. The van der Waals surface area contributed by atoms with E-state index in [1.807, 2.05) is 13.0 Å². The lowest BCUT2D eigenvalue weighted by Crippen LogP contribution is -2.15. The molecule has 0 aliphatic carbocycles. The lowest BCUT2D eigenvalue weighted by molar-refractivity contribution is -0.153. The molecular weight excluding hydrogens is 238 g/mol. The SMILES string of the molecule is CCOC(=O)C(O)c1cccc2nc(C)sc12. The van der Waals surface area contributed by atoms with Crippen molar-refractivity contribution in [3.05, 3.63) is 28.8 Å². The standard InChI is InChI=1S/C12H13NO3S/c1-3-16-12(15)10(14)8-5-4-6-9-11(8)17-7(2)13-9/h4-6,10,14H,3H2,1-2H3. The number of aliphatic hydroxyl groups is 1. The topological polar surface area (TPSA) is 59.4 Å². The molecule has 1 heterocycles. The van der Waals surface area contributed by atoms with E-state index >= 15 is 0 Å². The average Bonchev–Trinajstić information content (AvgIpc) is 2.68. The summed E-state index contributed by atoms with van der Waals surface area (Å²) in [6, 6.07) is 5.36. The number of aryl methyl sites for hydroxylation is 1. The van der Waals surface area contributed by atoms with E-state index in [0.717, 1.165) is 15.2 Å². The number of hydrogen-bond acceptors (Lipinski definition) is 5. The predicted octanol–water partition coefficient (Wildman–Crippen LogP) is 2.20. The Morgan fingerprint density at radius 2 is 2.35 bits per heavy atom. The molecule has 4 nitrogen and oxygen atoms in total. The molecule has 1 aromatic carbocycles. The predicted molar refractivity (Wildman–Crippen MR) is 65.9 cm³/mol. The van der Waals surface area contributed by atoms with Crippen molar-refractivity contribution in [3.63, 3.8) is 0 Å². The number of thiazole rings is 1. The molecule has 0 bridgehead atoms. The number of carbonyl (C=O) groups is 1. The molecular formula is C12H13NO3S. The lowest BCUT2D eigenvalue weighted by atomic mass is 10.1. The molecule has 1 N–H and O–H groups in total. The molecule has 17 heavy (non-hydrogen) atoms. The number of ether oxygens (including phenoxy) is 1. The first-order valence-electron chi connectivity index (χ1n) is 5.34. The molecule has 2 aromatic rings. The molecule has 0 aliphatic heterocycles. The number of rotatable bonds is 3. The number of aliphatic hydroxyl groups excluding tert-OH is 1. The van der Waals surface area contributed by atoms with Crippen LogP contribution in [0, 0.1) is 6.92 Å². The van der Waals surface area contributed by atoms with Crippen LogP contribution in [0.3, 0.4) is 0 Å². The van der Waals surface area contributed by atoms with Crippen LogP contribution in [0.2, 0.25) is 0 Å². The van der Waals surface area contributed by atoms with E-state index in [0.29, 0.717) is 5.56 Å². The number of carbonyl (C=O) groups excluding carboxylic acids is 1. The maximum Gasteiger partial charge on any atom is 0.339 e. The van der Waals surface area contributed by atoms with Crippen molar-refractivity contribution < 1.29 is 14.6 Å². The molecule has 1 aromatic heterocycles. The molecule has 0 radical (unpaired) electrons. The highest BCUT2D eigenvalue weighted by Gasteiger charge is 2.21. The van der Waals surface area contributed by atoms with E-state index in [9.17, 15) is 9.90 Å². The number of aromatic nitrogens is 1.